The Labute approximate surface area is 327 Å². The summed E-state index contributed by atoms with van der Waals surface area (Å²) in [7, 11) is 0. The molecule has 0 aliphatic rings. The van der Waals surface area contributed by atoms with E-state index in [0.29, 0.717) is 0 Å². The number of rotatable bonds is 8. The quantitative estimate of drug-likeness (QED) is 0.152. The van der Waals surface area contributed by atoms with E-state index in [1.807, 2.05) is 0 Å². The van der Waals surface area contributed by atoms with Crippen molar-refractivity contribution in [2.75, 3.05) is 4.90 Å². The summed E-state index contributed by atoms with van der Waals surface area (Å²) in [5, 5.41) is 2.44. The first-order valence-electron chi connectivity index (χ1n) is 19.2. The van der Waals surface area contributed by atoms with Gasteiger partial charge in [-0.3, -0.25) is 0 Å². The number of fused-ring (bicyclic) bond motifs is 3. The Balaban J connectivity index is 1.21. The van der Waals surface area contributed by atoms with Crippen molar-refractivity contribution in [2.24, 2.45) is 0 Å². The molecule has 2 heteroatoms. The lowest BCUT2D eigenvalue weighted by molar-refractivity contribution is 1.18. The van der Waals surface area contributed by atoms with Crippen LogP contribution < -0.4 is 4.90 Å². The lowest BCUT2D eigenvalue weighted by Crippen LogP contribution is -2.11. The third kappa shape index (κ3) is 5.95. The van der Waals surface area contributed by atoms with E-state index in [1.54, 1.807) is 0 Å². The summed E-state index contributed by atoms with van der Waals surface area (Å²) in [5.74, 6) is 0. The summed E-state index contributed by atoms with van der Waals surface area (Å²) in [6.07, 6.45) is 0. The van der Waals surface area contributed by atoms with Crippen LogP contribution in [0.5, 0.6) is 0 Å². The highest BCUT2D eigenvalue weighted by Gasteiger charge is 2.21. The molecule has 0 fully saturated rings. The maximum atomic E-state index is 2.44. The van der Waals surface area contributed by atoms with E-state index in [-0.39, 0.29) is 0 Å². The molecule has 1 aromatic heterocycles. The second-order valence-electron chi connectivity index (χ2n) is 14.1. The highest BCUT2D eigenvalue weighted by molar-refractivity contribution is 6.11. The van der Waals surface area contributed by atoms with E-state index < -0.39 is 0 Å². The van der Waals surface area contributed by atoms with Crippen molar-refractivity contribution < 1.29 is 0 Å². The highest BCUT2D eigenvalue weighted by atomic mass is 15.1. The van der Waals surface area contributed by atoms with Gasteiger partial charge in [0.15, 0.2) is 0 Å². The third-order valence-electron chi connectivity index (χ3n) is 10.8. The lowest BCUT2D eigenvalue weighted by atomic mass is 9.89. The van der Waals surface area contributed by atoms with E-state index in [2.05, 4.69) is 240 Å². The number of benzene rings is 9. The van der Waals surface area contributed by atoms with Crippen molar-refractivity contribution in [3.63, 3.8) is 0 Å². The Bertz CT molecular complexity index is 2950. The number of nitrogens with zero attached hydrogens (tertiary/aromatic N) is 2. The van der Waals surface area contributed by atoms with Crippen molar-refractivity contribution in [1.82, 2.24) is 4.57 Å². The molecular weight excluding hydrogens is 677 g/mol. The molecule has 264 valence electrons. The fourth-order valence-corrected chi connectivity index (χ4v) is 8.26. The Hall–Kier alpha value is -7.42. The van der Waals surface area contributed by atoms with Gasteiger partial charge in [-0.1, -0.05) is 182 Å². The molecular formula is C54H38N2. The molecule has 0 bridgehead atoms. The monoisotopic (exact) mass is 714 g/mol. The highest BCUT2D eigenvalue weighted by Crippen LogP contribution is 2.44. The Kier molecular flexibility index (Phi) is 8.55. The topological polar surface area (TPSA) is 8.17 Å². The third-order valence-corrected chi connectivity index (χ3v) is 10.8. The van der Waals surface area contributed by atoms with Gasteiger partial charge in [0.25, 0.3) is 0 Å². The maximum absolute atomic E-state index is 2.44. The second kappa shape index (κ2) is 14.4. The Morgan fingerprint density at radius 1 is 0.286 bits per heavy atom. The van der Waals surface area contributed by atoms with Crippen LogP contribution in [-0.4, -0.2) is 4.57 Å². The largest absolute Gasteiger partial charge is 0.310 e. The summed E-state index contributed by atoms with van der Waals surface area (Å²) in [6.45, 7) is 0. The molecule has 0 amide bonds. The van der Waals surface area contributed by atoms with E-state index in [9.17, 15) is 0 Å². The van der Waals surface area contributed by atoms with Gasteiger partial charge in [-0.25, -0.2) is 0 Å². The molecule has 56 heavy (non-hydrogen) atoms. The zero-order valence-electron chi connectivity index (χ0n) is 30.8. The minimum atomic E-state index is 1.09. The standard InChI is InChI=1S/C54H38N2/c1-5-19-39(20-6-1)45-27-13-14-29-47(45)48-35-33-43(37-51(48)41-23-9-3-10-24-41)56-53-32-18-16-30-49(53)50-36-34-44(38-54(50)56)55(42-25-11-4-12-26-42)52-31-17-15-28-46(52)40-21-7-2-8-22-40/h1-38H. The van der Waals surface area contributed by atoms with Gasteiger partial charge < -0.3 is 9.47 Å². The first-order chi connectivity index (χ1) is 27.8. The minimum Gasteiger partial charge on any atom is -0.310 e. The van der Waals surface area contributed by atoms with Gasteiger partial charge in [-0.2, -0.15) is 0 Å². The molecule has 1 heterocycles. The van der Waals surface area contributed by atoms with E-state index in [1.165, 1.54) is 60.8 Å². The lowest BCUT2D eigenvalue weighted by Gasteiger charge is -2.28. The number of hydrogen-bond donors (Lipinski definition) is 0. The summed E-state index contributed by atoms with van der Waals surface area (Å²) in [6, 6.07) is 83.1. The SMILES string of the molecule is c1ccc(-c2ccccc2-c2ccc(-n3c4ccccc4c4ccc(N(c5ccccc5)c5ccccc5-c5ccccc5)cc43)cc2-c2ccccc2)cc1. The molecule has 0 aliphatic carbocycles. The molecule has 9 aromatic carbocycles. The number of hydrogen-bond acceptors (Lipinski definition) is 1. The zero-order chi connectivity index (χ0) is 37.3. The van der Waals surface area contributed by atoms with Gasteiger partial charge >= 0.3 is 0 Å². The van der Waals surface area contributed by atoms with Crippen LogP contribution in [-0.2, 0) is 0 Å². The van der Waals surface area contributed by atoms with Crippen LogP contribution in [0.4, 0.5) is 17.1 Å². The van der Waals surface area contributed by atoms with Crippen molar-refractivity contribution in [3.8, 4) is 50.2 Å². The smallest absolute Gasteiger partial charge is 0.0561 e. The summed E-state index contributed by atoms with van der Waals surface area (Å²) in [4.78, 5) is 2.39. The van der Waals surface area contributed by atoms with Crippen LogP contribution in [0, 0.1) is 0 Å². The molecule has 0 spiro atoms. The van der Waals surface area contributed by atoms with Crippen LogP contribution in [0.15, 0.2) is 231 Å². The number of anilines is 3. The average Bonchev–Trinajstić information content (AvgIpc) is 3.61. The van der Waals surface area contributed by atoms with Gasteiger partial charge in [0.05, 0.1) is 16.7 Å². The van der Waals surface area contributed by atoms with Gasteiger partial charge in [0.1, 0.15) is 0 Å². The zero-order valence-corrected chi connectivity index (χ0v) is 30.8. The van der Waals surface area contributed by atoms with Gasteiger partial charge in [-0.15, -0.1) is 0 Å². The van der Waals surface area contributed by atoms with Crippen molar-refractivity contribution in [1.29, 1.82) is 0 Å². The molecule has 0 unspecified atom stereocenters. The first-order valence-corrected chi connectivity index (χ1v) is 19.2. The predicted molar refractivity (Wildman–Crippen MR) is 237 cm³/mol. The van der Waals surface area contributed by atoms with Crippen LogP contribution >= 0.6 is 0 Å². The summed E-state index contributed by atoms with van der Waals surface area (Å²) in [5.41, 5.74) is 16.3. The van der Waals surface area contributed by atoms with Gasteiger partial charge in [-0.05, 0) is 87.5 Å². The van der Waals surface area contributed by atoms with Crippen molar-refractivity contribution in [3.05, 3.63) is 231 Å². The van der Waals surface area contributed by atoms with Crippen LogP contribution in [0.1, 0.15) is 0 Å². The predicted octanol–water partition coefficient (Wildman–Crippen LogP) is 14.9. The van der Waals surface area contributed by atoms with E-state index >= 15 is 0 Å². The van der Waals surface area contributed by atoms with E-state index in [4.69, 9.17) is 0 Å². The van der Waals surface area contributed by atoms with Crippen LogP contribution in [0.2, 0.25) is 0 Å². The van der Waals surface area contributed by atoms with Crippen molar-refractivity contribution >= 4 is 38.9 Å². The summed E-state index contributed by atoms with van der Waals surface area (Å²) < 4.78 is 2.44. The molecule has 10 aromatic rings. The first kappa shape index (κ1) is 33.2. The maximum Gasteiger partial charge on any atom is 0.0561 e. The molecule has 10 rings (SSSR count). The number of para-hydroxylation sites is 3. The van der Waals surface area contributed by atoms with E-state index in [0.717, 1.165) is 28.3 Å². The average molecular weight is 715 g/mol. The molecule has 0 atom stereocenters. The molecule has 0 aliphatic heterocycles. The molecule has 0 N–H and O–H groups in total. The van der Waals surface area contributed by atoms with Crippen LogP contribution in [0.25, 0.3) is 72.0 Å². The molecule has 0 saturated carbocycles. The molecule has 0 saturated heterocycles. The molecule has 2 nitrogen and oxygen atoms in total. The minimum absolute atomic E-state index is 1.09. The fourth-order valence-electron chi connectivity index (χ4n) is 8.26. The molecule has 0 radical (unpaired) electrons. The fraction of sp³-hybridized carbons (Fsp3) is 0. The number of aromatic nitrogens is 1. The second-order valence-corrected chi connectivity index (χ2v) is 14.1. The van der Waals surface area contributed by atoms with Gasteiger partial charge in [0, 0.05) is 33.4 Å². The normalized spacial score (nSPS) is 11.2. The van der Waals surface area contributed by atoms with Crippen molar-refractivity contribution in [2.45, 2.75) is 0 Å². The van der Waals surface area contributed by atoms with Gasteiger partial charge in [0.2, 0.25) is 0 Å². The Morgan fingerprint density at radius 3 is 1.48 bits per heavy atom. The summed E-state index contributed by atoms with van der Waals surface area (Å²) >= 11 is 0. The Morgan fingerprint density at radius 2 is 0.786 bits per heavy atom. The van der Waals surface area contributed by atoms with Crippen LogP contribution in [0.3, 0.4) is 0 Å².